The Bertz CT molecular complexity index is 944. The number of para-hydroxylation sites is 1. The van der Waals surface area contributed by atoms with Gasteiger partial charge in [0.05, 0.1) is 12.0 Å². The Kier molecular flexibility index (Phi) is 3.68. The number of anilines is 1. The number of hydrogen-bond acceptors (Lipinski definition) is 5. The Morgan fingerprint density at radius 1 is 1.17 bits per heavy atom. The molecule has 1 amide bonds. The molecule has 0 unspecified atom stereocenters. The molecular formula is C17H12N4O2S. The summed E-state index contributed by atoms with van der Waals surface area (Å²) in [5.74, 6) is 0.326. The number of hydrogen-bond donors (Lipinski definition) is 1. The number of rotatable bonds is 4. The van der Waals surface area contributed by atoms with Crippen LogP contribution in [0, 0.1) is 0 Å². The molecule has 0 saturated carbocycles. The van der Waals surface area contributed by atoms with Gasteiger partial charge in [-0.3, -0.25) is 10.1 Å². The van der Waals surface area contributed by atoms with Gasteiger partial charge in [-0.15, -0.1) is 11.3 Å². The van der Waals surface area contributed by atoms with Gasteiger partial charge in [0, 0.05) is 17.6 Å². The van der Waals surface area contributed by atoms with E-state index in [9.17, 15) is 4.79 Å². The number of carbonyl (C=O) groups is 1. The standard InChI is InChI=1S/C17H12N4O2S/c22-16(19-17-18-8-10-24-17)14-11-13(15-7-4-9-23-15)20-21(14)12-5-2-1-3-6-12/h1-11H,(H,18,19,22). The van der Waals surface area contributed by atoms with E-state index < -0.39 is 0 Å². The first-order chi connectivity index (χ1) is 11.8. The van der Waals surface area contributed by atoms with Gasteiger partial charge in [0.25, 0.3) is 5.91 Å². The summed E-state index contributed by atoms with van der Waals surface area (Å²) in [6, 6.07) is 14.8. The fraction of sp³-hybridized carbons (Fsp3) is 0. The fourth-order valence-corrected chi connectivity index (χ4v) is 2.82. The minimum atomic E-state index is -0.279. The lowest BCUT2D eigenvalue weighted by molar-refractivity contribution is 0.101. The third-order valence-electron chi connectivity index (χ3n) is 3.37. The second-order valence-electron chi connectivity index (χ2n) is 4.93. The third-order valence-corrected chi connectivity index (χ3v) is 4.06. The molecule has 0 radical (unpaired) electrons. The second-order valence-corrected chi connectivity index (χ2v) is 5.83. The first-order valence-electron chi connectivity index (χ1n) is 7.21. The first-order valence-corrected chi connectivity index (χ1v) is 8.09. The van der Waals surface area contributed by atoms with Crippen LogP contribution in [0.25, 0.3) is 17.1 Å². The van der Waals surface area contributed by atoms with Crippen LogP contribution in [0.5, 0.6) is 0 Å². The van der Waals surface area contributed by atoms with E-state index in [-0.39, 0.29) is 5.91 Å². The lowest BCUT2D eigenvalue weighted by Gasteiger charge is -2.06. The molecule has 4 rings (SSSR count). The second kappa shape index (κ2) is 6.13. The van der Waals surface area contributed by atoms with Crippen molar-refractivity contribution in [3.63, 3.8) is 0 Å². The molecule has 1 N–H and O–H groups in total. The molecule has 4 aromatic rings. The van der Waals surface area contributed by atoms with Crippen molar-refractivity contribution in [3.05, 3.63) is 72.1 Å². The lowest BCUT2D eigenvalue weighted by Crippen LogP contribution is -2.16. The summed E-state index contributed by atoms with van der Waals surface area (Å²) in [5.41, 5.74) is 1.79. The Labute approximate surface area is 141 Å². The number of furan rings is 1. The molecule has 0 fully saturated rings. The van der Waals surface area contributed by atoms with Crippen LogP contribution in [-0.4, -0.2) is 20.7 Å². The van der Waals surface area contributed by atoms with E-state index in [1.54, 1.807) is 40.7 Å². The average molecular weight is 336 g/mol. The van der Waals surface area contributed by atoms with Crippen LogP contribution in [0.3, 0.4) is 0 Å². The van der Waals surface area contributed by atoms with Gasteiger partial charge < -0.3 is 4.42 Å². The predicted molar refractivity (Wildman–Crippen MR) is 91.3 cm³/mol. The van der Waals surface area contributed by atoms with Crippen molar-refractivity contribution in [3.8, 4) is 17.1 Å². The summed E-state index contributed by atoms with van der Waals surface area (Å²) in [4.78, 5) is 16.7. The van der Waals surface area contributed by atoms with Gasteiger partial charge >= 0.3 is 0 Å². The largest absolute Gasteiger partial charge is 0.463 e. The van der Waals surface area contributed by atoms with E-state index in [1.807, 2.05) is 30.3 Å². The number of nitrogens with zero attached hydrogens (tertiary/aromatic N) is 3. The average Bonchev–Trinajstić information content (AvgIpc) is 3.36. The number of amides is 1. The number of nitrogens with one attached hydrogen (secondary N) is 1. The molecule has 6 nitrogen and oxygen atoms in total. The van der Waals surface area contributed by atoms with Gasteiger partial charge in [0.15, 0.2) is 10.9 Å². The maximum atomic E-state index is 12.7. The van der Waals surface area contributed by atoms with E-state index in [4.69, 9.17) is 4.42 Å². The summed E-state index contributed by atoms with van der Waals surface area (Å²) in [6.07, 6.45) is 3.22. The SMILES string of the molecule is O=C(Nc1nccs1)c1cc(-c2ccco2)nn1-c1ccccc1. The van der Waals surface area contributed by atoms with Gasteiger partial charge in [0.2, 0.25) is 0 Å². The van der Waals surface area contributed by atoms with E-state index in [0.29, 0.717) is 22.3 Å². The van der Waals surface area contributed by atoms with E-state index in [0.717, 1.165) is 5.69 Å². The van der Waals surface area contributed by atoms with Crippen molar-refractivity contribution < 1.29 is 9.21 Å². The van der Waals surface area contributed by atoms with Crippen LogP contribution < -0.4 is 5.32 Å². The highest BCUT2D eigenvalue weighted by Gasteiger charge is 2.19. The van der Waals surface area contributed by atoms with Crippen molar-refractivity contribution >= 4 is 22.4 Å². The fourth-order valence-electron chi connectivity index (χ4n) is 2.30. The molecule has 0 aliphatic carbocycles. The maximum absolute atomic E-state index is 12.7. The van der Waals surface area contributed by atoms with Crippen molar-refractivity contribution in [2.75, 3.05) is 5.32 Å². The van der Waals surface area contributed by atoms with Crippen molar-refractivity contribution in [2.24, 2.45) is 0 Å². The van der Waals surface area contributed by atoms with Gasteiger partial charge in [0.1, 0.15) is 11.4 Å². The smallest absolute Gasteiger partial charge is 0.276 e. The topological polar surface area (TPSA) is 73.0 Å². The van der Waals surface area contributed by atoms with Crippen LogP contribution >= 0.6 is 11.3 Å². The Hall–Kier alpha value is -3.19. The Morgan fingerprint density at radius 2 is 2.04 bits per heavy atom. The van der Waals surface area contributed by atoms with Crippen molar-refractivity contribution in [1.82, 2.24) is 14.8 Å². The molecule has 1 aromatic carbocycles. The summed E-state index contributed by atoms with van der Waals surface area (Å²) in [5, 5.41) is 9.65. The molecule has 7 heteroatoms. The highest BCUT2D eigenvalue weighted by molar-refractivity contribution is 7.13. The molecule has 0 aliphatic rings. The van der Waals surface area contributed by atoms with Gasteiger partial charge in [-0.25, -0.2) is 9.67 Å². The Balaban J connectivity index is 1.77. The molecule has 0 spiro atoms. The monoisotopic (exact) mass is 336 g/mol. The number of carbonyl (C=O) groups excluding carboxylic acids is 1. The zero-order chi connectivity index (χ0) is 16.4. The van der Waals surface area contributed by atoms with Crippen LogP contribution in [0.2, 0.25) is 0 Å². The molecule has 0 atom stereocenters. The van der Waals surface area contributed by atoms with Gasteiger partial charge in [-0.1, -0.05) is 18.2 Å². The first kappa shape index (κ1) is 14.4. The van der Waals surface area contributed by atoms with Crippen LogP contribution in [-0.2, 0) is 0 Å². The van der Waals surface area contributed by atoms with Crippen LogP contribution in [0.4, 0.5) is 5.13 Å². The molecule has 118 valence electrons. The zero-order valence-electron chi connectivity index (χ0n) is 12.4. The van der Waals surface area contributed by atoms with Crippen LogP contribution in [0.15, 0.2) is 70.8 Å². The number of aromatic nitrogens is 3. The third kappa shape index (κ3) is 2.72. The zero-order valence-corrected chi connectivity index (χ0v) is 13.2. The maximum Gasteiger partial charge on any atom is 0.276 e. The highest BCUT2D eigenvalue weighted by atomic mass is 32.1. The van der Waals surface area contributed by atoms with Crippen LogP contribution in [0.1, 0.15) is 10.5 Å². The summed E-state index contributed by atoms with van der Waals surface area (Å²) in [6.45, 7) is 0. The van der Waals surface area contributed by atoms with E-state index in [1.165, 1.54) is 11.3 Å². The molecule has 0 aliphatic heterocycles. The predicted octanol–water partition coefficient (Wildman–Crippen LogP) is 3.84. The van der Waals surface area contributed by atoms with Crippen molar-refractivity contribution in [1.29, 1.82) is 0 Å². The normalized spacial score (nSPS) is 10.7. The number of thiazole rings is 1. The number of benzene rings is 1. The quantitative estimate of drug-likeness (QED) is 0.614. The van der Waals surface area contributed by atoms with Gasteiger partial charge in [-0.05, 0) is 24.3 Å². The molecule has 24 heavy (non-hydrogen) atoms. The lowest BCUT2D eigenvalue weighted by atomic mass is 10.2. The Morgan fingerprint density at radius 3 is 2.75 bits per heavy atom. The molecule has 3 heterocycles. The summed E-state index contributed by atoms with van der Waals surface area (Å²) >= 11 is 1.36. The molecule has 0 saturated heterocycles. The van der Waals surface area contributed by atoms with E-state index in [2.05, 4.69) is 15.4 Å². The minimum Gasteiger partial charge on any atom is -0.463 e. The molecule has 3 aromatic heterocycles. The van der Waals surface area contributed by atoms with Crippen molar-refractivity contribution in [2.45, 2.75) is 0 Å². The highest BCUT2D eigenvalue weighted by Crippen LogP contribution is 2.23. The molecular weight excluding hydrogens is 324 g/mol. The summed E-state index contributed by atoms with van der Waals surface area (Å²) < 4.78 is 6.99. The summed E-state index contributed by atoms with van der Waals surface area (Å²) in [7, 11) is 0. The van der Waals surface area contributed by atoms with Gasteiger partial charge in [-0.2, -0.15) is 5.10 Å². The van der Waals surface area contributed by atoms with E-state index >= 15 is 0 Å². The molecule has 0 bridgehead atoms. The minimum absolute atomic E-state index is 0.279.